The summed E-state index contributed by atoms with van der Waals surface area (Å²) in [4.78, 5) is 0. The van der Waals surface area contributed by atoms with Crippen LogP contribution in [-0.4, -0.2) is 5.11 Å². The molecule has 13 heavy (non-hydrogen) atoms. The van der Waals surface area contributed by atoms with E-state index in [4.69, 9.17) is 5.73 Å². The molecule has 72 valence electrons. The molecule has 1 aromatic carbocycles. The Morgan fingerprint density at radius 1 is 1.31 bits per heavy atom. The zero-order valence-electron chi connectivity index (χ0n) is 8.41. The first-order chi connectivity index (χ1) is 6.02. The Bertz CT molecular complexity index is 294. The second kappa shape index (κ2) is 3.79. The Labute approximate surface area is 79.4 Å². The molecule has 0 aromatic heterocycles. The lowest BCUT2D eigenvalue weighted by molar-refractivity contribution is 0.127. The molecule has 0 bridgehead atoms. The number of hydrogen-bond donors (Lipinski definition) is 2. The van der Waals surface area contributed by atoms with E-state index in [1.165, 1.54) is 0 Å². The summed E-state index contributed by atoms with van der Waals surface area (Å²) in [6.45, 7) is 5.94. The third-order valence-corrected chi connectivity index (χ3v) is 2.19. The molecule has 0 heterocycles. The van der Waals surface area contributed by atoms with Crippen LogP contribution in [0.5, 0.6) is 0 Å². The van der Waals surface area contributed by atoms with E-state index in [1.54, 1.807) is 0 Å². The van der Waals surface area contributed by atoms with Gasteiger partial charge in [-0.15, -0.1) is 0 Å². The second-order valence-corrected chi connectivity index (χ2v) is 3.82. The molecule has 0 aliphatic carbocycles. The molecule has 0 aliphatic heterocycles. The third-order valence-electron chi connectivity index (χ3n) is 2.19. The van der Waals surface area contributed by atoms with Gasteiger partial charge in [0.15, 0.2) is 0 Å². The van der Waals surface area contributed by atoms with Gasteiger partial charge in [-0.05, 0) is 24.5 Å². The van der Waals surface area contributed by atoms with Crippen molar-refractivity contribution in [2.75, 3.05) is 5.73 Å². The van der Waals surface area contributed by atoms with E-state index in [9.17, 15) is 5.11 Å². The van der Waals surface area contributed by atoms with Gasteiger partial charge in [-0.3, -0.25) is 0 Å². The van der Waals surface area contributed by atoms with Crippen LogP contribution in [0.3, 0.4) is 0 Å². The summed E-state index contributed by atoms with van der Waals surface area (Å²) in [5.41, 5.74) is 8.44. The van der Waals surface area contributed by atoms with Gasteiger partial charge in [-0.25, -0.2) is 0 Å². The third kappa shape index (κ3) is 2.22. The number of hydrogen-bond acceptors (Lipinski definition) is 2. The number of nitrogens with two attached hydrogens (primary N) is 1. The maximum absolute atomic E-state index is 9.79. The fourth-order valence-corrected chi connectivity index (χ4v) is 1.32. The normalized spacial score (nSPS) is 13.3. The van der Waals surface area contributed by atoms with Crippen LogP contribution in [0, 0.1) is 12.8 Å². The zero-order chi connectivity index (χ0) is 10.0. The van der Waals surface area contributed by atoms with E-state index in [2.05, 4.69) is 0 Å². The van der Waals surface area contributed by atoms with Crippen molar-refractivity contribution in [3.8, 4) is 0 Å². The number of rotatable bonds is 2. The van der Waals surface area contributed by atoms with Crippen molar-refractivity contribution in [1.29, 1.82) is 0 Å². The number of anilines is 1. The molecule has 0 saturated carbocycles. The SMILES string of the molecule is Cc1ccc(C(O)C(C)C)c(N)c1. The van der Waals surface area contributed by atoms with E-state index < -0.39 is 6.10 Å². The highest BCUT2D eigenvalue weighted by Gasteiger charge is 2.14. The first kappa shape index (κ1) is 10.1. The van der Waals surface area contributed by atoms with E-state index in [0.29, 0.717) is 5.69 Å². The first-order valence-corrected chi connectivity index (χ1v) is 4.56. The molecular formula is C11H17NO. The maximum atomic E-state index is 9.79. The van der Waals surface area contributed by atoms with Crippen LogP contribution in [-0.2, 0) is 0 Å². The standard InChI is InChI=1S/C11H17NO/c1-7(2)11(13)9-5-4-8(3)6-10(9)12/h4-7,11,13H,12H2,1-3H3. The Morgan fingerprint density at radius 2 is 1.92 bits per heavy atom. The molecule has 0 amide bonds. The molecule has 1 atom stereocenters. The molecule has 0 radical (unpaired) electrons. The first-order valence-electron chi connectivity index (χ1n) is 4.56. The molecule has 1 rings (SSSR count). The minimum Gasteiger partial charge on any atom is -0.398 e. The quantitative estimate of drug-likeness (QED) is 0.684. The fraction of sp³-hybridized carbons (Fsp3) is 0.455. The zero-order valence-corrected chi connectivity index (χ0v) is 8.41. The van der Waals surface area contributed by atoms with Crippen molar-refractivity contribution in [3.05, 3.63) is 29.3 Å². The summed E-state index contributed by atoms with van der Waals surface area (Å²) >= 11 is 0. The molecule has 3 N–H and O–H groups in total. The topological polar surface area (TPSA) is 46.2 Å². The number of aliphatic hydroxyl groups is 1. The van der Waals surface area contributed by atoms with Crippen LogP contribution >= 0.6 is 0 Å². The molecule has 1 unspecified atom stereocenters. The van der Waals surface area contributed by atoms with Crippen LogP contribution in [0.15, 0.2) is 18.2 Å². The predicted molar refractivity (Wildman–Crippen MR) is 55.4 cm³/mol. The monoisotopic (exact) mass is 179 g/mol. The van der Waals surface area contributed by atoms with Gasteiger partial charge < -0.3 is 10.8 Å². The van der Waals surface area contributed by atoms with E-state index in [-0.39, 0.29) is 5.92 Å². The van der Waals surface area contributed by atoms with Crippen molar-refractivity contribution in [1.82, 2.24) is 0 Å². The van der Waals surface area contributed by atoms with Crippen molar-refractivity contribution < 1.29 is 5.11 Å². The van der Waals surface area contributed by atoms with Crippen LogP contribution in [0.1, 0.15) is 31.1 Å². The summed E-state index contributed by atoms with van der Waals surface area (Å²) < 4.78 is 0. The summed E-state index contributed by atoms with van der Waals surface area (Å²) in [6, 6.07) is 5.76. The highest BCUT2D eigenvalue weighted by molar-refractivity contribution is 5.50. The lowest BCUT2D eigenvalue weighted by Crippen LogP contribution is -2.08. The molecule has 0 fully saturated rings. The second-order valence-electron chi connectivity index (χ2n) is 3.82. The van der Waals surface area contributed by atoms with Crippen LogP contribution < -0.4 is 5.73 Å². The van der Waals surface area contributed by atoms with Gasteiger partial charge in [-0.1, -0.05) is 26.0 Å². The Hall–Kier alpha value is -1.02. The van der Waals surface area contributed by atoms with Crippen molar-refractivity contribution in [2.24, 2.45) is 5.92 Å². The highest BCUT2D eigenvalue weighted by Crippen LogP contribution is 2.26. The molecule has 1 aromatic rings. The van der Waals surface area contributed by atoms with Gasteiger partial charge in [0, 0.05) is 11.3 Å². The summed E-state index contributed by atoms with van der Waals surface area (Å²) in [6.07, 6.45) is -0.458. The minimum absolute atomic E-state index is 0.199. The predicted octanol–water partition coefficient (Wildman–Crippen LogP) is 2.27. The van der Waals surface area contributed by atoms with Gasteiger partial charge in [0.05, 0.1) is 6.10 Å². The van der Waals surface area contributed by atoms with Crippen molar-refractivity contribution in [2.45, 2.75) is 26.9 Å². The molecule has 0 aliphatic rings. The van der Waals surface area contributed by atoms with Gasteiger partial charge in [0.25, 0.3) is 0 Å². The van der Waals surface area contributed by atoms with Crippen molar-refractivity contribution >= 4 is 5.69 Å². The van der Waals surface area contributed by atoms with Gasteiger partial charge in [-0.2, -0.15) is 0 Å². The van der Waals surface area contributed by atoms with E-state index >= 15 is 0 Å². The van der Waals surface area contributed by atoms with Crippen LogP contribution in [0.2, 0.25) is 0 Å². The molecule has 0 saturated heterocycles. The Balaban J connectivity index is 3.01. The van der Waals surface area contributed by atoms with Crippen LogP contribution in [0.25, 0.3) is 0 Å². The van der Waals surface area contributed by atoms with Gasteiger partial charge in [0.2, 0.25) is 0 Å². The summed E-state index contributed by atoms with van der Waals surface area (Å²) in [5.74, 6) is 0.199. The molecular weight excluding hydrogens is 162 g/mol. The fourth-order valence-electron chi connectivity index (χ4n) is 1.32. The number of benzene rings is 1. The maximum Gasteiger partial charge on any atom is 0.0832 e. The number of aryl methyl sites for hydroxylation is 1. The summed E-state index contributed by atoms with van der Waals surface area (Å²) in [5, 5.41) is 9.79. The molecule has 2 heteroatoms. The van der Waals surface area contributed by atoms with E-state index in [0.717, 1.165) is 11.1 Å². The van der Waals surface area contributed by atoms with Crippen LogP contribution in [0.4, 0.5) is 5.69 Å². The minimum atomic E-state index is -0.458. The molecule has 2 nitrogen and oxygen atoms in total. The number of nitrogen functional groups attached to an aromatic ring is 1. The van der Waals surface area contributed by atoms with E-state index in [1.807, 2.05) is 39.0 Å². The number of aliphatic hydroxyl groups excluding tert-OH is 1. The smallest absolute Gasteiger partial charge is 0.0832 e. The van der Waals surface area contributed by atoms with Gasteiger partial charge >= 0.3 is 0 Å². The Morgan fingerprint density at radius 3 is 2.38 bits per heavy atom. The van der Waals surface area contributed by atoms with Gasteiger partial charge in [0.1, 0.15) is 0 Å². The summed E-state index contributed by atoms with van der Waals surface area (Å²) in [7, 11) is 0. The highest BCUT2D eigenvalue weighted by atomic mass is 16.3. The largest absolute Gasteiger partial charge is 0.398 e. The van der Waals surface area contributed by atoms with Crippen molar-refractivity contribution in [3.63, 3.8) is 0 Å². The average Bonchev–Trinajstić information content (AvgIpc) is 2.03. The average molecular weight is 179 g/mol. The lowest BCUT2D eigenvalue weighted by Gasteiger charge is -2.17. The Kier molecular flexibility index (Phi) is 2.94. The lowest BCUT2D eigenvalue weighted by atomic mass is 9.97. The molecule has 0 spiro atoms.